The van der Waals surface area contributed by atoms with Gasteiger partial charge in [-0.3, -0.25) is 0 Å². The van der Waals surface area contributed by atoms with Crippen LogP contribution in [0.2, 0.25) is 5.02 Å². The van der Waals surface area contributed by atoms with Crippen LogP contribution >= 0.6 is 43.5 Å². The van der Waals surface area contributed by atoms with Crippen molar-refractivity contribution in [2.24, 2.45) is 0 Å². The molecule has 0 saturated carbocycles. The SMILES string of the molecule is Fc1cccc(Br)c1-c1c(Cl)cccc1Br. The van der Waals surface area contributed by atoms with Crippen LogP contribution in [0.15, 0.2) is 45.3 Å². The molecule has 0 aromatic heterocycles. The fraction of sp³-hybridized carbons (Fsp3) is 0. The molecular weight excluding hydrogens is 358 g/mol. The first-order valence-corrected chi connectivity index (χ1v) is 6.46. The summed E-state index contributed by atoms with van der Waals surface area (Å²) in [5, 5.41) is 0.514. The van der Waals surface area contributed by atoms with Gasteiger partial charge in [-0.1, -0.05) is 55.6 Å². The monoisotopic (exact) mass is 362 g/mol. The van der Waals surface area contributed by atoms with Crippen LogP contribution in [0, 0.1) is 5.82 Å². The van der Waals surface area contributed by atoms with E-state index in [9.17, 15) is 4.39 Å². The normalized spacial score (nSPS) is 10.5. The molecule has 0 aliphatic carbocycles. The lowest BCUT2D eigenvalue weighted by Gasteiger charge is -2.10. The van der Waals surface area contributed by atoms with Crippen LogP contribution in [0.25, 0.3) is 11.1 Å². The van der Waals surface area contributed by atoms with Gasteiger partial charge in [0.2, 0.25) is 0 Å². The lowest BCUT2D eigenvalue weighted by Crippen LogP contribution is -1.88. The summed E-state index contributed by atoms with van der Waals surface area (Å²) in [7, 11) is 0. The zero-order valence-corrected chi connectivity index (χ0v) is 11.9. The van der Waals surface area contributed by atoms with Gasteiger partial charge < -0.3 is 0 Å². The molecule has 0 heterocycles. The Morgan fingerprint density at radius 1 is 0.875 bits per heavy atom. The van der Waals surface area contributed by atoms with Gasteiger partial charge in [-0.05, 0) is 24.3 Å². The number of rotatable bonds is 1. The highest BCUT2D eigenvalue weighted by Crippen LogP contribution is 2.39. The van der Waals surface area contributed by atoms with E-state index in [1.54, 1.807) is 18.2 Å². The van der Waals surface area contributed by atoms with Crippen molar-refractivity contribution >= 4 is 43.5 Å². The molecule has 0 fully saturated rings. The minimum absolute atomic E-state index is 0.303. The lowest BCUT2D eigenvalue weighted by molar-refractivity contribution is 0.630. The van der Waals surface area contributed by atoms with E-state index < -0.39 is 0 Å². The highest BCUT2D eigenvalue weighted by molar-refractivity contribution is 9.11. The molecule has 0 aliphatic heterocycles. The zero-order chi connectivity index (χ0) is 11.7. The highest BCUT2D eigenvalue weighted by Gasteiger charge is 2.14. The summed E-state index contributed by atoms with van der Waals surface area (Å²) in [6.45, 7) is 0. The van der Waals surface area contributed by atoms with Crippen molar-refractivity contribution in [3.05, 3.63) is 56.2 Å². The molecule has 2 rings (SSSR count). The van der Waals surface area contributed by atoms with Gasteiger partial charge in [-0.15, -0.1) is 0 Å². The molecule has 0 bridgehead atoms. The summed E-state index contributed by atoms with van der Waals surface area (Å²) < 4.78 is 15.2. The van der Waals surface area contributed by atoms with Crippen molar-refractivity contribution in [2.45, 2.75) is 0 Å². The third kappa shape index (κ3) is 2.17. The average Bonchev–Trinajstić information content (AvgIpc) is 2.21. The lowest BCUT2D eigenvalue weighted by atomic mass is 10.1. The minimum Gasteiger partial charge on any atom is -0.206 e. The van der Waals surface area contributed by atoms with Crippen molar-refractivity contribution in [1.29, 1.82) is 0 Å². The van der Waals surface area contributed by atoms with Crippen LogP contribution in [0.5, 0.6) is 0 Å². The van der Waals surface area contributed by atoms with E-state index in [1.165, 1.54) is 6.07 Å². The molecule has 0 unspecified atom stereocenters. The van der Waals surface area contributed by atoms with Crippen LogP contribution in [0.4, 0.5) is 4.39 Å². The Bertz CT molecular complexity index is 451. The van der Waals surface area contributed by atoms with E-state index in [0.717, 1.165) is 4.47 Å². The maximum Gasteiger partial charge on any atom is 0.132 e. The predicted molar refractivity (Wildman–Crippen MR) is 72.2 cm³/mol. The maximum atomic E-state index is 13.8. The second kappa shape index (κ2) is 4.86. The summed E-state index contributed by atoms with van der Waals surface area (Å²) in [6, 6.07) is 10.2. The fourth-order valence-electron chi connectivity index (χ4n) is 1.47. The average molecular weight is 364 g/mol. The first-order valence-electron chi connectivity index (χ1n) is 4.49. The van der Waals surface area contributed by atoms with E-state index in [2.05, 4.69) is 31.9 Å². The van der Waals surface area contributed by atoms with Crippen LogP contribution < -0.4 is 0 Å². The van der Waals surface area contributed by atoms with Gasteiger partial charge in [0.15, 0.2) is 0 Å². The summed E-state index contributed by atoms with van der Waals surface area (Å²) in [5.41, 5.74) is 1.13. The molecule has 0 N–H and O–H groups in total. The van der Waals surface area contributed by atoms with Crippen LogP contribution in [-0.2, 0) is 0 Å². The van der Waals surface area contributed by atoms with E-state index in [-0.39, 0.29) is 5.82 Å². The Hall–Kier alpha value is -0.380. The van der Waals surface area contributed by atoms with Crippen LogP contribution in [0.1, 0.15) is 0 Å². The molecule has 0 nitrogen and oxygen atoms in total. The molecule has 0 aliphatic rings. The largest absolute Gasteiger partial charge is 0.206 e. The summed E-state index contributed by atoms with van der Waals surface area (Å²) in [6.07, 6.45) is 0. The van der Waals surface area contributed by atoms with Gasteiger partial charge in [0.25, 0.3) is 0 Å². The molecule has 0 spiro atoms. The van der Waals surface area contributed by atoms with Crippen LogP contribution in [-0.4, -0.2) is 0 Å². The van der Waals surface area contributed by atoms with Crippen molar-refractivity contribution in [1.82, 2.24) is 0 Å². The van der Waals surface area contributed by atoms with Crippen molar-refractivity contribution in [3.8, 4) is 11.1 Å². The Morgan fingerprint density at radius 3 is 2.00 bits per heavy atom. The molecule has 0 atom stereocenters. The van der Waals surface area contributed by atoms with Crippen molar-refractivity contribution in [2.75, 3.05) is 0 Å². The fourth-order valence-corrected chi connectivity index (χ4v) is 2.96. The van der Waals surface area contributed by atoms with Crippen molar-refractivity contribution in [3.63, 3.8) is 0 Å². The molecule has 0 saturated heterocycles. The number of benzene rings is 2. The van der Waals surface area contributed by atoms with Gasteiger partial charge in [0.05, 0.1) is 0 Å². The van der Waals surface area contributed by atoms with Gasteiger partial charge in [-0.2, -0.15) is 0 Å². The minimum atomic E-state index is -0.303. The van der Waals surface area contributed by atoms with Gasteiger partial charge in [0.1, 0.15) is 5.82 Å². The Labute approximate surface area is 115 Å². The molecule has 16 heavy (non-hydrogen) atoms. The van der Waals surface area contributed by atoms with Gasteiger partial charge >= 0.3 is 0 Å². The maximum absolute atomic E-state index is 13.8. The summed E-state index contributed by atoms with van der Waals surface area (Å²) >= 11 is 12.8. The Morgan fingerprint density at radius 2 is 1.44 bits per heavy atom. The molecular formula is C12H6Br2ClF. The topological polar surface area (TPSA) is 0 Å². The molecule has 2 aromatic carbocycles. The molecule has 0 radical (unpaired) electrons. The number of hydrogen-bond acceptors (Lipinski definition) is 0. The van der Waals surface area contributed by atoms with Crippen LogP contribution in [0.3, 0.4) is 0 Å². The second-order valence-electron chi connectivity index (χ2n) is 3.19. The van der Waals surface area contributed by atoms with E-state index >= 15 is 0 Å². The number of halogens is 4. The third-order valence-electron chi connectivity index (χ3n) is 2.18. The Kier molecular flexibility index (Phi) is 3.67. The van der Waals surface area contributed by atoms with Crippen molar-refractivity contribution < 1.29 is 4.39 Å². The van der Waals surface area contributed by atoms with Gasteiger partial charge in [0, 0.05) is 25.1 Å². The molecule has 0 amide bonds. The number of hydrogen-bond donors (Lipinski definition) is 0. The van der Waals surface area contributed by atoms with Gasteiger partial charge in [-0.25, -0.2) is 4.39 Å². The molecule has 2 aromatic rings. The Balaban J connectivity index is 2.77. The first kappa shape index (κ1) is 12.1. The first-order chi connectivity index (χ1) is 7.61. The standard InChI is InChI=1S/C12H6Br2ClF/c13-7-3-1-5-9(15)11(7)12-8(14)4-2-6-10(12)16/h1-6H. The summed E-state index contributed by atoms with van der Waals surface area (Å²) in [4.78, 5) is 0. The summed E-state index contributed by atoms with van der Waals surface area (Å²) in [5.74, 6) is -0.303. The third-order valence-corrected chi connectivity index (χ3v) is 3.81. The smallest absolute Gasteiger partial charge is 0.132 e. The van der Waals surface area contributed by atoms with E-state index in [0.29, 0.717) is 20.6 Å². The quantitative estimate of drug-likeness (QED) is 0.611. The second-order valence-corrected chi connectivity index (χ2v) is 5.31. The molecule has 82 valence electrons. The molecule has 4 heteroatoms. The predicted octanol–water partition coefficient (Wildman–Crippen LogP) is 5.67. The van der Waals surface area contributed by atoms with E-state index in [4.69, 9.17) is 11.6 Å². The highest BCUT2D eigenvalue weighted by atomic mass is 79.9. The van der Waals surface area contributed by atoms with E-state index in [1.807, 2.05) is 12.1 Å². The zero-order valence-electron chi connectivity index (χ0n) is 7.98.